The van der Waals surface area contributed by atoms with E-state index in [1.54, 1.807) is 0 Å². The average molecular weight is 223 g/mol. The lowest BCUT2D eigenvalue weighted by Gasteiger charge is -2.15. The third-order valence-corrected chi connectivity index (χ3v) is 3.36. The normalized spacial score (nSPS) is 27.3. The van der Waals surface area contributed by atoms with Crippen LogP contribution in [-0.2, 0) is 0 Å². The van der Waals surface area contributed by atoms with Gasteiger partial charge in [-0.05, 0) is 17.7 Å². The number of benzene rings is 1. The molecule has 2 aliphatic heterocycles. The van der Waals surface area contributed by atoms with Crippen LogP contribution < -0.4 is 14.8 Å². The fourth-order valence-corrected chi connectivity index (χ4v) is 2.43. The minimum absolute atomic E-state index is 0.0837. The molecule has 0 radical (unpaired) electrons. The molecule has 0 amide bonds. The second kappa shape index (κ2) is 3.94. The van der Waals surface area contributed by atoms with E-state index in [-0.39, 0.29) is 25.3 Å². The van der Waals surface area contributed by atoms with Crippen molar-refractivity contribution in [1.29, 1.82) is 0 Å². The van der Waals surface area contributed by atoms with Crippen LogP contribution in [0.2, 0.25) is 0 Å². The summed E-state index contributed by atoms with van der Waals surface area (Å²) in [7, 11) is 0. The highest BCUT2D eigenvalue weighted by Crippen LogP contribution is 2.37. The molecule has 1 saturated heterocycles. The van der Waals surface area contributed by atoms with Crippen LogP contribution in [-0.4, -0.2) is 26.6 Å². The summed E-state index contributed by atoms with van der Waals surface area (Å²) >= 11 is 0. The van der Waals surface area contributed by atoms with Gasteiger partial charge >= 0.3 is 0 Å². The SMILES string of the molecule is FC[C@@H]1CNC[C@@H]1c1ccc2c(c1)OCO2. The Kier molecular flexibility index (Phi) is 2.44. The second-order valence-electron chi connectivity index (χ2n) is 4.29. The highest BCUT2D eigenvalue weighted by Gasteiger charge is 2.29. The van der Waals surface area contributed by atoms with Gasteiger partial charge < -0.3 is 14.8 Å². The Morgan fingerprint density at radius 2 is 2.12 bits per heavy atom. The van der Waals surface area contributed by atoms with Crippen molar-refractivity contribution in [2.24, 2.45) is 5.92 Å². The average Bonchev–Trinajstić information content (AvgIpc) is 2.96. The van der Waals surface area contributed by atoms with E-state index < -0.39 is 0 Å². The molecule has 1 aromatic rings. The van der Waals surface area contributed by atoms with E-state index in [9.17, 15) is 4.39 Å². The lowest BCUT2D eigenvalue weighted by atomic mass is 9.89. The fourth-order valence-electron chi connectivity index (χ4n) is 2.43. The van der Waals surface area contributed by atoms with Gasteiger partial charge in [-0.1, -0.05) is 6.07 Å². The summed E-state index contributed by atoms with van der Waals surface area (Å²) in [6, 6.07) is 5.89. The van der Waals surface area contributed by atoms with E-state index in [4.69, 9.17) is 9.47 Å². The molecule has 0 bridgehead atoms. The van der Waals surface area contributed by atoms with E-state index in [0.29, 0.717) is 0 Å². The van der Waals surface area contributed by atoms with Gasteiger partial charge in [-0.15, -0.1) is 0 Å². The smallest absolute Gasteiger partial charge is 0.231 e. The number of nitrogens with one attached hydrogen (secondary N) is 1. The summed E-state index contributed by atoms with van der Waals surface area (Å²) in [5.74, 6) is 1.90. The Bertz CT molecular complexity index is 397. The number of ether oxygens (including phenoxy) is 2. The summed E-state index contributed by atoms with van der Waals surface area (Å²) in [5.41, 5.74) is 1.14. The molecular weight excluding hydrogens is 209 g/mol. The second-order valence-corrected chi connectivity index (χ2v) is 4.29. The summed E-state index contributed by atoms with van der Waals surface area (Å²) in [4.78, 5) is 0. The minimum Gasteiger partial charge on any atom is -0.454 e. The highest BCUT2D eigenvalue weighted by molar-refractivity contribution is 5.45. The Labute approximate surface area is 93.6 Å². The molecule has 0 spiro atoms. The molecule has 1 fully saturated rings. The van der Waals surface area contributed by atoms with Gasteiger partial charge in [0.25, 0.3) is 0 Å². The molecule has 0 aromatic heterocycles. The zero-order valence-electron chi connectivity index (χ0n) is 8.91. The van der Waals surface area contributed by atoms with Crippen molar-refractivity contribution < 1.29 is 13.9 Å². The molecule has 16 heavy (non-hydrogen) atoms. The summed E-state index contributed by atoms with van der Waals surface area (Å²) in [5, 5.41) is 3.23. The van der Waals surface area contributed by atoms with Gasteiger partial charge in [0.15, 0.2) is 11.5 Å². The van der Waals surface area contributed by atoms with Crippen molar-refractivity contribution in [3.05, 3.63) is 23.8 Å². The predicted octanol–water partition coefficient (Wildman–Crippen LogP) is 1.69. The van der Waals surface area contributed by atoms with Crippen LogP contribution in [0.25, 0.3) is 0 Å². The molecule has 1 N–H and O–H groups in total. The minimum atomic E-state index is -0.272. The van der Waals surface area contributed by atoms with Crippen molar-refractivity contribution in [1.82, 2.24) is 5.32 Å². The fraction of sp³-hybridized carbons (Fsp3) is 0.500. The van der Waals surface area contributed by atoms with Crippen molar-refractivity contribution in [3.63, 3.8) is 0 Å². The summed E-state index contributed by atoms with van der Waals surface area (Å²) in [6.45, 7) is 1.62. The lowest BCUT2D eigenvalue weighted by Crippen LogP contribution is -2.12. The quantitative estimate of drug-likeness (QED) is 0.827. The number of alkyl halides is 1. The third kappa shape index (κ3) is 1.53. The van der Waals surface area contributed by atoms with Crippen LogP contribution in [0.3, 0.4) is 0 Å². The van der Waals surface area contributed by atoms with Crippen molar-refractivity contribution in [2.45, 2.75) is 5.92 Å². The maximum absolute atomic E-state index is 12.8. The van der Waals surface area contributed by atoms with Crippen LogP contribution in [0.15, 0.2) is 18.2 Å². The van der Waals surface area contributed by atoms with Gasteiger partial charge in [0.05, 0.1) is 6.67 Å². The van der Waals surface area contributed by atoms with Crippen LogP contribution >= 0.6 is 0 Å². The van der Waals surface area contributed by atoms with Crippen molar-refractivity contribution in [2.75, 3.05) is 26.6 Å². The molecule has 1 aromatic carbocycles. The molecule has 0 unspecified atom stereocenters. The molecule has 2 atom stereocenters. The predicted molar refractivity (Wildman–Crippen MR) is 57.6 cm³/mol. The largest absolute Gasteiger partial charge is 0.454 e. The van der Waals surface area contributed by atoms with Gasteiger partial charge in [-0.2, -0.15) is 0 Å². The zero-order chi connectivity index (χ0) is 11.0. The molecule has 2 aliphatic rings. The maximum Gasteiger partial charge on any atom is 0.231 e. The van der Waals surface area contributed by atoms with Gasteiger partial charge in [0.2, 0.25) is 6.79 Å². The Balaban J connectivity index is 1.89. The van der Waals surface area contributed by atoms with Crippen LogP contribution in [0.4, 0.5) is 4.39 Å². The molecule has 3 rings (SSSR count). The molecular formula is C12H14FNO2. The number of halogens is 1. The highest BCUT2D eigenvalue weighted by atomic mass is 19.1. The first-order valence-corrected chi connectivity index (χ1v) is 5.54. The first-order chi connectivity index (χ1) is 7.88. The summed E-state index contributed by atoms with van der Waals surface area (Å²) < 4.78 is 23.4. The Hall–Kier alpha value is -1.29. The monoisotopic (exact) mass is 223 g/mol. The Morgan fingerprint density at radius 1 is 1.25 bits per heavy atom. The molecule has 2 heterocycles. The third-order valence-electron chi connectivity index (χ3n) is 3.36. The van der Waals surface area contributed by atoms with E-state index in [1.165, 1.54) is 0 Å². The molecule has 0 saturated carbocycles. The number of hydrogen-bond acceptors (Lipinski definition) is 3. The van der Waals surface area contributed by atoms with Gasteiger partial charge in [0.1, 0.15) is 0 Å². The maximum atomic E-state index is 12.8. The number of rotatable bonds is 2. The van der Waals surface area contributed by atoms with E-state index in [2.05, 4.69) is 5.32 Å². The molecule has 0 aliphatic carbocycles. The Morgan fingerprint density at radius 3 is 3.00 bits per heavy atom. The van der Waals surface area contributed by atoms with Gasteiger partial charge in [0, 0.05) is 24.9 Å². The van der Waals surface area contributed by atoms with E-state index in [0.717, 1.165) is 30.2 Å². The summed E-state index contributed by atoms with van der Waals surface area (Å²) in [6.07, 6.45) is 0. The van der Waals surface area contributed by atoms with Crippen LogP contribution in [0, 0.1) is 5.92 Å². The van der Waals surface area contributed by atoms with Crippen LogP contribution in [0.5, 0.6) is 11.5 Å². The van der Waals surface area contributed by atoms with Gasteiger partial charge in [-0.3, -0.25) is 4.39 Å². The topological polar surface area (TPSA) is 30.5 Å². The van der Waals surface area contributed by atoms with Crippen LogP contribution in [0.1, 0.15) is 11.5 Å². The molecule has 3 nitrogen and oxygen atoms in total. The first-order valence-electron chi connectivity index (χ1n) is 5.54. The zero-order valence-corrected chi connectivity index (χ0v) is 8.91. The molecule has 4 heteroatoms. The van der Waals surface area contributed by atoms with E-state index in [1.807, 2.05) is 18.2 Å². The lowest BCUT2D eigenvalue weighted by molar-refractivity contribution is 0.174. The standard InChI is InChI=1S/C12H14FNO2/c13-4-9-5-14-6-10(9)8-1-2-11-12(3-8)16-7-15-11/h1-3,9-10,14H,4-7H2/t9-,10-/m1/s1. The number of fused-ring (bicyclic) bond motifs is 1. The number of hydrogen-bond donors (Lipinski definition) is 1. The van der Waals surface area contributed by atoms with Gasteiger partial charge in [-0.25, -0.2) is 0 Å². The van der Waals surface area contributed by atoms with Crippen molar-refractivity contribution >= 4 is 0 Å². The molecule has 86 valence electrons. The van der Waals surface area contributed by atoms with Crippen molar-refractivity contribution in [3.8, 4) is 11.5 Å². The first kappa shape index (κ1) is 9.90. The van der Waals surface area contributed by atoms with E-state index >= 15 is 0 Å².